The fourth-order valence-corrected chi connectivity index (χ4v) is 3.58. The number of anilines is 2. The second-order valence-electron chi connectivity index (χ2n) is 5.77. The number of carbonyl (C=O) groups is 2. The van der Waals surface area contributed by atoms with Gasteiger partial charge in [-0.3, -0.25) is 9.89 Å². The molecule has 1 saturated heterocycles. The van der Waals surface area contributed by atoms with E-state index in [0.717, 1.165) is 5.52 Å². The number of nitrogens with one attached hydrogen (secondary N) is 2. The largest absolute Gasteiger partial charge is 0.465 e. The molecule has 1 aliphatic rings. The van der Waals surface area contributed by atoms with Gasteiger partial charge in [0.2, 0.25) is 0 Å². The third-order valence-electron chi connectivity index (χ3n) is 4.13. The average Bonchev–Trinajstić information content (AvgIpc) is 3.31. The molecule has 0 saturated carbocycles. The number of hydrogen-bond donors (Lipinski definition) is 3. The van der Waals surface area contributed by atoms with Crippen LogP contribution in [-0.4, -0.2) is 68.6 Å². The summed E-state index contributed by atoms with van der Waals surface area (Å²) in [5.41, 5.74) is 2.39. The Balaban J connectivity index is 1.42. The lowest BCUT2D eigenvalue weighted by atomic mass is 10.2. The SMILES string of the molecule is O=C(Nc1ccc2[nH]nnc2c1)c1csc(N2CCN(C(=O)O)CC2)n1. The van der Waals surface area contributed by atoms with Gasteiger partial charge in [0.1, 0.15) is 11.2 Å². The number of rotatable bonds is 3. The Hall–Kier alpha value is -3.21. The first-order valence-corrected chi connectivity index (χ1v) is 8.78. The van der Waals surface area contributed by atoms with Crippen molar-refractivity contribution in [3.05, 3.63) is 29.3 Å². The van der Waals surface area contributed by atoms with Gasteiger partial charge in [-0.05, 0) is 18.2 Å². The number of aromatic nitrogens is 4. The molecule has 2 aromatic heterocycles. The summed E-state index contributed by atoms with van der Waals surface area (Å²) in [5.74, 6) is -0.306. The molecule has 10 nitrogen and oxygen atoms in total. The van der Waals surface area contributed by atoms with E-state index >= 15 is 0 Å². The smallest absolute Gasteiger partial charge is 0.407 e. The number of aromatic amines is 1. The molecule has 0 atom stereocenters. The highest BCUT2D eigenvalue weighted by atomic mass is 32.1. The molecule has 1 fully saturated rings. The van der Waals surface area contributed by atoms with Gasteiger partial charge in [0.05, 0.1) is 5.52 Å². The van der Waals surface area contributed by atoms with E-state index in [2.05, 4.69) is 25.7 Å². The molecule has 4 rings (SSSR count). The molecule has 3 aromatic rings. The van der Waals surface area contributed by atoms with Crippen LogP contribution in [0.15, 0.2) is 23.6 Å². The zero-order chi connectivity index (χ0) is 18.1. The summed E-state index contributed by atoms with van der Waals surface area (Å²) in [6.45, 7) is 1.97. The van der Waals surface area contributed by atoms with Crippen molar-refractivity contribution < 1.29 is 14.7 Å². The van der Waals surface area contributed by atoms with Crippen LogP contribution < -0.4 is 10.2 Å². The number of hydrogen-bond acceptors (Lipinski definition) is 7. The van der Waals surface area contributed by atoms with Crippen molar-refractivity contribution in [3.63, 3.8) is 0 Å². The van der Waals surface area contributed by atoms with Crippen LogP contribution in [0.5, 0.6) is 0 Å². The number of amides is 2. The number of nitrogens with zero attached hydrogens (tertiary/aromatic N) is 5. The van der Waals surface area contributed by atoms with Gasteiger partial charge in [-0.25, -0.2) is 9.78 Å². The van der Waals surface area contributed by atoms with Crippen LogP contribution in [0, 0.1) is 0 Å². The summed E-state index contributed by atoms with van der Waals surface area (Å²) in [5, 5.41) is 24.6. The number of fused-ring (bicyclic) bond motifs is 1. The third kappa shape index (κ3) is 3.16. The van der Waals surface area contributed by atoms with Crippen molar-refractivity contribution in [2.75, 3.05) is 36.4 Å². The zero-order valence-corrected chi connectivity index (χ0v) is 14.4. The van der Waals surface area contributed by atoms with E-state index < -0.39 is 6.09 Å². The Morgan fingerprint density at radius 3 is 2.81 bits per heavy atom. The molecular weight excluding hydrogens is 358 g/mol. The highest BCUT2D eigenvalue weighted by Crippen LogP contribution is 2.23. The summed E-state index contributed by atoms with van der Waals surface area (Å²) in [6, 6.07) is 5.28. The quantitative estimate of drug-likeness (QED) is 0.634. The van der Waals surface area contributed by atoms with Crippen molar-refractivity contribution in [1.82, 2.24) is 25.3 Å². The zero-order valence-electron chi connectivity index (χ0n) is 13.5. The molecular formula is C15H15N7O3S. The summed E-state index contributed by atoms with van der Waals surface area (Å²) in [4.78, 5) is 31.1. The summed E-state index contributed by atoms with van der Waals surface area (Å²) in [6.07, 6.45) is -0.909. The lowest BCUT2D eigenvalue weighted by molar-refractivity contribution is 0.102. The topological polar surface area (TPSA) is 127 Å². The predicted octanol–water partition coefficient (Wildman–Crippen LogP) is 1.47. The number of benzene rings is 1. The second kappa shape index (κ2) is 6.59. The molecule has 3 heterocycles. The Labute approximate surface area is 151 Å². The monoisotopic (exact) mass is 373 g/mol. The lowest BCUT2D eigenvalue weighted by Gasteiger charge is -2.32. The molecule has 0 radical (unpaired) electrons. The molecule has 0 bridgehead atoms. The van der Waals surface area contributed by atoms with Gasteiger partial charge >= 0.3 is 6.09 Å². The van der Waals surface area contributed by atoms with E-state index in [-0.39, 0.29) is 5.91 Å². The minimum atomic E-state index is -0.909. The Morgan fingerprint density at radius 2 is 2.04 bits per heavy atom. The highest BCUT2D eigenvalue weighted by molar-refractivity contribution is 7.14. The fourth-order valence-electron chi connectivity index (χ4n) is 2.72. The van der Waals surface area contributed by atoms with Gasteiger partial charge in [0.25, 0.3) is 5.91 Å². The van der Waals surface area contributed by atoms with Crippen molar-refractivity contribution in [1.29, 1.82) is 0 Å². The first-order valence-electron chi connectivity index (χ1n) is 7.90. The molecule has 11 heteroatoms. The van der Waals surface area contributed by atoms with Gasteiger partial charge in [-0.1, -0.05) is 5.21 Å². The van der Waals surface area contributed by atoms with E-state index in [9.17, 15) is 9.59 Å². The van der Waals surface area contributed by atoms with Gasteiger partial charge in [0.15, 0.2) is 5.13 Å². The Bertz CT molecular complexity index is 961. The molecule has 1 aliphatic heterocycles. The number of thiazole rings is 1. The maximum atomic E-state index is 12.4. The van der Waals surface area contributed by atoms with Crippen LogP contribution >= 0.6 is 11.3 Å². The highest BCUT2D eigenvalue weighted by Gasteiger charge is 2.23. The maximum Gasteiger partial charge on any atom is 0.407 e. The van der Waals surface area contributed by atoms with Gasteiger partial charge < -0.3 is 20.2 Å². The normalized spacial score (nSPS) is 14.6. The van der Waals surface area contributed by atoms with Crippen LogP contribution in [0.1, 0.15) is 10.5 Å². The average molecular weight is 373 g/mol. The fraction of sp³-hybridized carbons (Fsp3) is 0.267. The second-order valence-corrected chi connectivity index (χ2v) is 6.61. The predicted molar refractivity (Wildman–Crippen MR) is 95.8 cm³/mol. The summed E-state index contributed by atoms with van der Waals surface area (Å²) < 4.78 is 0. The van der Waals surface area contributed by atoms with E-state index in [1.54, 1.807) is 23.6 Å². The van der Waals surface area contributed by atoms with E-state index in [4.69, 9.17) is 5.11 Å². The van der Waals surface area contributed by atoms with E-state index in [0.29, 0.717) is 48.2 Å². The molecule has 134 valence electrons. The van der Waals surface area contributed by atoms with Crippen molar-refractivity contribution >= 4 is 45.2 Å². The maximum absolute atomic E-state index is 12.4. The molecule has 0 spiro atoms. The first-order chi connectivity index (χ1) is 12.6. The van der Waals surface area contributed by atoms with E-state index in [1.165, 1.54) is 16.2 Å². The van der Waals surface area contributed by atoms with Crippen LogP contribution in [0.2, 0.25) is 0 Å². The molecule has 2 amide bonds. The molecule has 26 heavy (non-hydrogen) atoms. The molecule has 3 N–H and O–H groups in total. The van der Waals surface area contributed by atoms with E-state index in [1.807, 2.05) is 4.90 Å². The molecule has 0 unspecified atom stereocenters. The van der Waals surface area contributed by atoms with Gasteiger partial charge in [-0.2, -0.15) is 0 Å². The summed E-state index contributed by atoms with van der Waals surface area (Å²) in [7, 11) is 0. The first kappa shape index (κ1) is 16.3. The standard InChI is InChI=1S/C15H15N7O3S/c23-13(16-9-1-2-10-11(7-9)19-20-18-10)12-8-26-14(17-12)21-3-5-22(6-4-21)15(24)25/h1-2,7-8H,3-6H2,(H,16,23)(H,24,25)(H,18,19,20). The minimum absolute atomic E-state index is 0.306. The minimum Gasteiger partial charge on any atom is -0.465 e. The van der Waals surface area contributed by atoms with Gasteiger partial charge in [-0.15, -0.1) is 16.4 Å². The Morgan fingerprint density at radius 1 is 1.23 bits per heavy atom. The molecule has 1 aromatic carbocycles. The molecule has 0 aliphatic carbocycles. The van der Waals surface area contributed by atoms with Crippen molar-refractivity contribution in [2.45, 2.75) is 0 Å². The van der Waals surface area contributed by atoms with Crippen molar-refractivity contribution in [3.8, 4) is 0 Å². The third-order valence-corrected chi connectivity index (χ3v) is 5.03. The summed E-state index contributed by atoms with van der Waals surface area (Å²) >= 11 is 1.37. The number of piperazine rings is 1. The van der Waals surface area contributed by atoms with Crippen LogP contribution in [0.25, 0.3) is 11.0 Å². The number of H-pyrrole nitrogens is 1. The lowest BCUT2D eigenvalue weighted by Crippen LogP contribution is -2.48. The van der Waals surface area contributed by atoms with Crippen molar-refractivity contribution in [2.24, 2.45) is 0 Å². The van der Waals surface area contributed by atoms with Crippen LogP contribution in [0.3, 0.4) is 0 Å². The Kier molecular flexibility index (Phi) is 4.13. The number of carbonyl (C=O) groups excluding carboxylic acids is 1. The number of carboxylic acid groups (broad SMARTS) is 1. The van der Waals surface area contributed by atoms with Gasteiger partial charge in [0, 0.05) is 37.2 Å². The van der Waals surface area contributed by atoms with Crippen LogP contribution in [-0.2, 0) is 0 Å². The van der Waals surface area contributed by atoms with Crippen LogP contribution in [0.4, 0.5) is 15.6 Å².